The summed E-state index contributed by atoms with van der Waals surface area (Å²) < 4.78 is 0.894. The average Bonchev–Trinajstić information content (AvgIpc) is 2.29. The predicted octanol–water partition coefficient (Wildman–Crippen LogP) is 2.17. The van der Waals surface area contributed by atoms with E-state index in [0.717, 1.165) is 4.70 Å². The van der Waals surface area contributed by atoms with Crippen molar-refractivity contribution in [1.29, 1.82) is 5.26 Å². The Morgan fingerprint density at radius 1 is 1.40 bits per heavy atom. The molecule has 0 aliphatic heterocycles. The summed E-state index contributed by atoms with van der Waals surface area (Å²) in [6, 6.07) is 9.25. The lowest BCUT2D eigenvalue weighted by Gasteiger charge is -2.03. The summed E-state index contributed by atoms with van der Waals surface area (Å²) in [4.78, 5) is 11.9. The van der Waals surface area contributed by atoms with Gasteiger partial charge in [0.1, 0.15) is 16.6 Å². The lowest BCUT2D eigenvalue weighted by atomic mass is 10.2. The maximum Gasteiger partial charge on any atom is 0.207 e. The fourth-order valence-corrected chi connectivity index (χ4v) is 2.40. The molecule has 74 valence electrons. The number of rotatable bonds is 1. The van der Waals surface area contributed by atoms with Crippen LogP contribution >= 0.6 is 11.3 Å². The van der Waals surface area contributed by atoms with Crippen LogP contribution < -0.4 is 10.7 Å². The number of hydrogen-bond donors (Lipinski definition) is 1. The molecule has 0 bridgehead atoms. The summed E-state index contributed by atoms with van der Waals surface area (Å²) in [7, 11) is 1.71. The second-order valence-corrected chi connectivity index (χ2v) is 4.05. The first kappa shape index (κ1) is 9.69. The van der Waals surface area contributed by atoms with E-state index in [-0.39, 0.29) is 11.0 Å². The maximum absolute atomic E-state index is 11.9. The van der Waals surface area contributed by atoms with Gasteiger partial charge in [0.25, 0.3) is 0 Å². The molecule has 4 heteroatoms. The monoisotopic (exact) mass is 216 g/mol. The summed E-state index contributed by atoms with van der Waals surface area (Å²) in [5, 5.41) is 13.0. The normalized spacial score (nSPS) is 9.87. The number of benzene rings is 1. The molecule has 2 aromatic rings. The molecule has 1 heterocycles. The molecule has 0 unspecified atom stereocenters. The molecule has 15 heavy (non-hydrogen) atoms. The molecule has 0 fully saturated rings. The molecule has 0 spiro atoms. The largest absolute Gasteiger partial charge is 0.379 e. The molecule has 2 rings (SSSR count). The number of nitrogens with one attached hydrogen (secondary N) is 1. The Hall–Kier alpha value is -1.86. The number of hydrogen-bond acceptors (Lipinski definition) is 4. The van der Waals surface area contributed by atoms with Crippen LogP contribution in [0.4, 0.5) is 5.00 Å². The van der Waals surface area contributed by atoms with Gasteiger partial charge in [0.15, 0.2) is 0 Å². The highest BCUT2D eigenvalue weighted by molar-refractivity contribution is 7.22. The number of fused-ring (bicyclic) bond motifs is 1. The van der Waals surface area contributed by atoms with Crippen LogP contribution in [0, 0.1) is 11.3 Å². The molecular weight excluding hydrogens is 208 g/mol. The van der Waals surface area contributed by atoms with Crippen molar-refractivity contribution in [3.63, 3.8) is 0 Å². The van der Waals surface area contributed by atoms with Gasteiger partial charge in [-0.2, -0.15) is 5.26 Å². The van der Waals surface area contributed by atoms with E-state index in [1.807, 2.05) is 18.2 Å². The summed E-state index contributed by atoms with van der Waals surface area (Å²) >= 11 is 1.42. The lowest BCUT2D eigenvalue weighted by Crippen LogP contribution is -2.08. The highest BCUT2D eigenvalue weighted by Gasteiger charge is 2.10. The zero-order valence-corrected chi connectivity index (χ0v) is 8.89. The van der Waals surface area contributed by atoms with Crippen LogP contribution in [0.25, 0.3) is 10.1 Å². The van der Waals surface area contributed by atoms with Crippen molar-refractivity contribution >= 4 is 26.4 Å². The van der Waals surface area contributed by atoms with E-state index in [9.17, 15) is 4.79 Å². The van der Waals surface area contributed by atoms with E-state index in [0.29, 0.717) is 10.4 Å². The van der Waals surface area contributed by atoms with Crippen LogP contribution in [-0.4, -0.2) is 7.05 Å². The third-order valence-corrected chi connectivity index (χ3v) is 3.32. The van der Waals surface area contributed by atoms with Gasteiger partial charge in [0, 0.05) is 17.1 Å². The first-order valence-electron chi connectivity index (χ1n) is 4.41. The average molecular weight is 216 g/mol. The van der Waals surface area contributed by atoms with Crippen molar-refractivity contribution in [2.75, 3.05) is 12.4 Å². The zero-order chi connectivity index (χ0) is 10.8. The molecule has 1 N–H and O–H groups in total. The summed E-state index contributed by atoms with van der Waals surface area (Å²) in [6.07, 6.45) is 0. The van der Waals surface area contributed by atoms with Crippen LogP contribution in [0.2, 0.25) is 0 Å². The molecule has 0 amide bonds. The summed E-state index contributed by atoms with van der Waals surface area (Å²) in [6.45, 7) is 0. The molecule has 0 saturated carbocycles. The van der Waals surface area contributed by atoms with Gasteiger partial charge in [-0.15, -0.1) is 11.3 Å². The molecule has 0 radical (unpaired) electrons. The Bertz CT molecular complexity index is 610. The standard InChI is InChI=1S/C11H8N2OS/c1-13-11-8(6-12)10(14)7-4-2-3-5-9(7)15-11/h2-5,13H,1H3. The lowest BCUT2D eigenvalue weighted by molar-refractivity contribution is 1.46. The van der Waals surface area contributed by atoms with Crippen LogP contribution in [0.15, 0.2) is 29.1 Å². The molecule has 3 nitrogen and oxygen atoms in total. The van der Waals surface area contributed by atoms with Gasteiger partial charge < -0.3 is 5.32 Å². The smallest absolute Gasteiger partial charge is 0.207 e. The molecular formula is C11H8N2OS. The SMILES string of the molecule is CNc1sc2ccccc2c(=O)c1C#N. The van der Waals surface area contributed by atoms with Crippen molar-refractivity contribution in [2.45, 2.75) is 0 Å². The van der Waals surface area contributed by atoms with Gasteiger partial charge in [-0.25, -0.2) is 0 Å². The van der Waals surface area contributed by atoms with Gasteiger partial charge >= 0.3 is 0 Å². The predicted molar refractivity (Wildman–Crippen MR) is 62.4 cm³/mol. The Morgan fingerprint density at radius 2 is 2.13 bits per heavy atom. The third kappa shape index (κ3) is 1.47. The van der Waals surface area contributed by atoms with Gasteiger partial charge in [-0.3, -0.25) is 4.79 Å². The molecule has 0 aliphatic carbocycles. The van der Waals surface area contributed by atoms with E-state index in [2.05, 4.69) is 5.32 Å². The van der Waals surface area contributed by atoms with Crippen LogP contribution in [-0.2, 0) is 0 Å². The van der Waals surface area contributed by atoms with E-state index >= 15 is 0 Å². The van der Waals surface area contributed by atoms with Gasteiger partial charge in [-0.1, -0.05) is 12.1 Å². The Morgan fingerprint density at radius 3 is 2.80 bits per heavy atom. The molecule has 1 aromatic heterocycles. The van der Waals surface area contributed by atoms with Crippen molar-refractivity contribution < 1.29 is 0 Å². The summed E-state index contributed by atoms with van der Waals surface area (Å²) in [5.41, 5.74) is -0.00241. The first-order valence-corrected chi connectivity index (χ1v) is 5.23. The summed E-state index contributed by atoms with van der Waals surface area (Å²) in [5.74, 6) is 0. The number of nitriles is 1. The van der Waals surface area contributed by atoms with E-state index in [4.69, 9.17) is 5.26 Å². The minimum absolute atomic E-state index is 0.196. The Balaban J connectivity index is 2.96. The third-order valence-electron chi connectivity index (χ3n) is 2.14. The van der Waals surface area contributed by atoms with E-state index in [1.54, 1.807) is 19.2 Å². The minimum Gasteiger partial charge on any atom is -0.379 e. The van der Waals surface area contributed by atoms with Crippen molar-refractivity contribution in [3.8, 4) is 6.07 Å². The van der Waals surface area contributed by atoms with Crippen LogP contribution in [0.3, 0.4) is 0 Å². The maximum atomic E-state index is 11.9. The zero-order valence-electron chi connectivity index (χ0n) is 8.07. The fourth-order valence-electron chi connectivity index (χ4n) is 1.42. The fraction of sp³-hybridized carbons (Fsp3) is 0.0909. The minimum atomic E-state index is -0.198. The van der Waals surface area contributed by atoms with Gasteiger partial charge in [0.05, 0.1) is 0 Å². The highest BCUT2D eigenvalue weighted by Crippen LogP contribution is 2.25. The van der Waals surface area contributed by atoms with Gasteiger partial charge in [0.2, 0.25) is 5.43 Å². The van der Waals surface area contributed by atoms with Crippen molar-refractivity contribution in [2.24, 2.45) is 0 Å². The van der Waals surface area contributed by atoms with Crippen LogP contribution in [0.1, 0.15) is 5.56 Å². The topological polar surface area (TPSA) is 52.9 Å². The van der Waals surface area contributed by atoms with Crippen molar-refractivity contribution in [3.05, 3.63) is 40.1 Å². The molecule has 0 atom stereocenters. The molecule has 0 aliphatic rings. The Kier molecular flexibility index (Phi) is 2.40. The second kappa shape index (κ2) is 3.71. The number of anilines is 1. The van der Waals surface area contributed by atoms with Crippen molar-refractivity contribution in [1.82, 2.24) is 0 Å². The quantitative estimate of drug-likeness (QED) is 0.794. The number of nitrogens with zero attached hydrogens (tertiary/aromatic N) is 1. The molecule has 0 saturated heterocycles. The second-order valence-electron chi connectivity index (χ2n) is 2.99. The Labute approximate surface area is 90.6 Å². The molecule has 1 aromatic carbocycles. The van der Waals surface area contributed by atoms with Gasteiger partial charge in [-0.05, 0) is 12.1 Å². The van der Waals surface area contributed by atoms with E-state index < -0.39 is 0 Å². The first-order chi connectivity index (χ1) is 7.27. The van der Waals surface area contributed by atoms with Crippen LogP contribution in [0.5, 0.6) is 0 Å². The van der Waals surface area contributed by atoms with E-state index in [1.165, 1.54) is 11.3 Å². The highest BCUT2D eigenvalue weighted by atomic mass is 32.1.